The second kappa shape index (κ2) is 5.14. The summed E-state index contributed by atoms with van der Waals surface area (Å²) < 4.78 is 37.1. The van der Waals surface area contributed by atoms with Crippen molar-refractivity contribution in [3.05, 3.63) is 24.0 Å². The lowest BCUT2D eigenvalue weighted by atomic mass is 10.1. The number of aromatic nitrogens is 1. The molecule has 100 valence electrons. The van der Waals surface area contributed by atoms with Crippen LogP contribution in [-0.2, 0) is 6.18 Å². The van der Waals surface area contributed by atoms with Gasteiger partial charge in [0.25, 0.3) is 0 Å². The third kappa shape index (κ3) is 2.93. The Morgan fingerprint density at radius 2 is 2.22 bits per heavy atom. The molecule has 0 radical (unpaired) electrons. The van der Waals surface area contributed by atoms with Crippen LogP contribution in [0.4, 0.5) is 18.9 Å². The van der Waals surface area contributed by atoms with Gasteiger partial charge in [0.15, 0.2) is 0 Å². The number of hydrogen-bond acceptors (Lipinski definition) is 3. The van der Waals surface area contributed by atoms with Crippen molar-refractivity contribution in [1.29, 1.82) is 0 Å². The molecule has 2 heterocycles. The van der Waals surface area contributed by atoms with E-state index < -0.39 is 11.9 Å². The Hall–Kier alpha value is -1.30. The van der Waals surface area contributed by atoms with E-state index in [-0.39, 0.29) is 0 Å². The van der Waals surface area contributed by atoms with Crippen molar-refractivity contribution < 1.29 is 13.2 Å². The summed E-state index contributed by atoms with van der Waals surface area (Å²) in [5.74, 6) is 0.553. The Morgan fingerprint density at radius 3 is 2.78 bits per heavy atom. The highest BCUT2D eigenvalue weighted by Gasteiger charge is 2.32. The zero-order chi connectivity index (χ0) is 13.2. The summed E-state index contributed by atoms with van der Waals surface area (Å²) in [5.41, 5.74) is -0.0705. The van der Waals surface area contributed by atoms with E-state index in [0.29, 0.717) is 5.92 Å². The van der Waals surface area contributed by atoms with E-state index in [4.69, 9.17) is 0 Å². The number of pyridine rings is 1. The van der Waals surface area contributed by atoms with Crippen molar-refractivity contribution in [2.45, 2.75) is 12.6 Å². The van der Waals surface area contributed by atoms with Gasteiger partial charge >= 0.3 is 6.18 Å². The van der Waals surface area contributed by atoms with Crippen LogP contribution in [0.15, 0.2) is 18.3 Å². The number of nitrogens with one attached hydrogen (secondary N) is 1. The monoisotopic (exact) mass is 259 g/mol. The van der Waals surface area contributed by atoms with Crippen molar-refractivity contribution in [2.75, 3.05) is 31.6 Å². The summed E-state index contributed by atoms with van der Waals surface area (Å²) in [7, 11) is 1.91. The lowest BCUT2D eigenvalue weighted by Crippen LogP contribution is -2.24. The molecule has 1 atom stereocenters. The second-order valence-electron chi connectivity index (χ2n) is 4.56. The molecular formula is C12H16F3N3. The quantitative estimate of drug-likeness (QED) is 0.901. The van der Waals surface area contributed by atoms with Crippen molar-refractivity contribution in [3.8, 4) is 0 Å². The van der Waals surface area contributed by atoms with Crippen molar-refractivity contribution in [2.24, 2.45) is 5.92 Å². The maximum absolute atomic E-state index is 12.4. The summed E-state index contributed by atoms with van der Waals surface area (Å²) >= 11 is 0. The third-order valence-electron chi connectivity index (χ3n) is 3.18. The lowest BCUT2D eigenvalue weighted by molar-refractivity contribution is -0.141. The lowest BCUT2D eigenvalue weighted by Gasteiger charge is -2.18. The highest BCUT2D eigenvalue weighted by molar-refractivity contribution is 5.45. The van der Waals surface area contributed by atoms with Crippen LogP contribution >= 0.6 is 0 Å². The van der Waals surface area contributed by atoms with E-state index in [1.165, 1.54) is 12.3 Å². The summed E-state index contributed by atoms with van der Waals surface area (Å²) in [6.45, 7) is 2.68. The smallest absolute Gasteiger partial charge is 0.370 e. The number of alkyl halides is 3. The first kappa shape index (κ1) is 13.1. The van der Waals surface area contributed by atoms with Gasteiger partial charge in [-0.25, -0.2) is 4.98 Å². The molecule has 18 heavy (non-hydrogen) atoms. The van der Waals surface area contributed by atoms with Gasteiger partial charge in [-0.1, -0.05) is 0 Å². The fraction of sp³-hybridized carbons (Fsp3) is 0.583. The van der Waals surface area contributed by atoms with Gasteiger partial charge in [-0.15, -0.1) is 0 Å². The predicted molar refractivity (Wildman–Crippen MR) is 63.5 cm³/mol. The zero-order valence-electron chi connectivity index (χ0n) is 10.2. The molecule has 0 amide bonds. The molecule has 0 bridgehead atoms. The second-order valence-corrected chi connectivity index (χ2v) is 4.56. The van der Waals surface area contributed by atoms with Crippen LogP contribution in [-0.4, -0.2) is 31.7 Å². The molecule has 0 aromatic carbocycles. The Morgan fingerprint density at radius 1 is 1.44 bits per heavy atom. The molecular weight excluding hydrogens is 243 g/mol. The number of hydrogen-bond donors (Lipinski definition) is 1. The van der Waals surface area contributed by atoms with Crippen LogP contribution in [0.5, 0.6) is 0 Å². The zero-order valence-corrected chi connectivity index (χ0v) is 10.2. The van der Waals surface area contributed by atoms with Gasteiger partial charge < -0.3 is 10.2 Å². The van der Waals surface area contributed by atoms with Crippen LogP contribution < -0.4 is 10.2 Å². The van der Waals surface area contributed by atoms with Crippen LogP contribution in [0.2, 0.25) is 0 Å². The van der Waals surface area contributed by atoms with E-state index >= 15 is 0 Å². The molecule has 0 aliphatic carbocycles. The number of halogens is 3. The fourth-order valence-electron chi connectivity index (χ4n) is 2.26. The van der Waals surface area contributed by atoms with Crippen molar-refractivity contribution >= 4 is 5.69 Å². The first-order chi connectivity index (χ1) is 8.50. The van der Waals surface area contributed by atoms with Gasteiger partial charge in [0.2, 0.25) is 0 Å². The molecule has 1 unspecified atom stereocenters. The molecule has 1 aliphatic rings. The SMILES string of the molecule is CNCC1CCN(c2ccc(C(F)(F)F)nc2)C1. The number of rotatable bonds is 3. The van der Waals surface area contributed by atoms with Crippen LogP contribution in [0, 0.1) is 5.92 Å². The van der Waals surface area contributed by atoms with Gasteiger partial charge in [0.05, 0.1) is 11.9 Å². The van der Waals surface area contributed by atoms with Gasteiger partial charge in [0, 0.05) is 13.1 Å². The average Bonchev–Trinajstić information content (AvgIpc) is 2.77. The minimum atomic E-state index is -4.36. The maximum atomic E-state index is 12.4. The first-order valence-corrected chi connectivity index (χ1v) is 5.93. The van der Waals surface area contributed by atoms with E-state index in [1.54, 1.807) is 0 Å². The molecule has 0 saturated carbocycles. The molecule has 6 heteroatoms. The summed E-state index contributed by atoms with van der Waals surface area (Å²) in [5, 5.41) is 3.12. The number of nitrogens with zero attached hydrogens (tertiary/aromatic N) is 2. The average molecular weight is 259 g/mol. The van der Waals surface area contributed by atoms with Gasteiger partial charge in [-0.3, -0.25) is 0 Å². The Labute approximate surface area is 104 Å². The fourth-order valence-corrected chi connectivity index (χ4v) is 2.26. The Balaban J connectivity index is 2.03. The molecule has 1 aliphatic heterocycles. The minimum Gasteiger partial charge on any atom is -0.370 e. The molecule has 2 rings (SSSR count). The molecule has 1 N–H and O–H groups in total. The van der Waals surface area contributed by atoms with E-state index in [2.05, 4.69) is 15.2 Å². The van der Waals surface area contributed by atoms with Crippen molar-refractivity contribution in [3.63, 3.8) is 0 Å². The van der Waals surface area contributed by atoms with E-state index in [9.17, 15) is 13.2 Å². The Bertz CT molecular complexity index is 389. The summed E-state index contributed by atoms with van der Waals surface area (Å²) in [6, 6.07) is 2.54. The molecule has 1 saturated heterocycles. The molecule has 1 aromatic rings. The first-order valence-electron chi connectivity index (χ1n) is 5.93. The predicted octanol–water partition coefficient (Wildman–Crippen LogP) is 2.15. The maximum Gasteiger partial charge on any atom is 0.433 e. The highest BCUT2D eigenvalue weighted by Crippen LogP contribution is 2.29. The third-order valence-corrected chi connectivity index (χ3v) is 3.18. The van der Waals surface area contributed by atoms with E-state index in [1.807, 2.05) is 7.05 Å². The molecule has 1 aromatic heterocycles. The van der Waals surface area contributed by atoms with E-state index in [0.717, 1.165) is 37.8 Å². The van der Waals surface area contributed by atoms with Gasteiger partial charge in [-0.05, 0) is 38.1 Å². The largest absolute Gasteiger partial charge is 0.433 e. The summed E-state index contributed by atoms with van der Waals surface area (Å²) in [4.78, 5) is 5.56. The van der Waals surface area contributed by atoms with Gasteiger partial charge in [-0.2, -0.15) is 13.2 Å². The van der Waals surface area contributed by atoms with Crippen LogP contribution in [0.25, 0.3) is 0 Å². The molecule has 3 nitrogen and oxygen atoms in total. The summed E-state index contributed by atoms with van der Waals surface area (Å²) in [6.07, 6.45) is -2.00. The van der Waals surface area contributed by atoms with Crippen LogP contribution in [0.3, 0.4) is 0 Å². The normalized spacial score (nSPS) is 20.4. The number of anilines is 1. The Kier molecular flexibility index (Phi) is 3.75. The van der Waals surface area contributed by atoms with Crippen molar-refractivity contribution in [1.82, 2.24) is 10.3 Å². The topological polar surface area (TPSA) is 28.2 Å². The minimum absolute atomic E-state index is 0.553. The standard InChI is InChI=1S/C12H16F3N3/c1-16-6-9-4-5-18(8-9)10-2-3-11(17-7-10)12(13,14)15/h2-3,7,9,16H,4-6,8H2,1H3. The molecule has 0 spiro atoms. The van der Waals surface area contributed by atoms with Gasteiger partial charge in [0.1, 0.15) is 5.69 Å². The molecule has 1 fully saturated rings. The van der Waals surface area contributed by atoms with Crippen LogP contribution in [0.1, 0.15) is 12.1 Å². The highest BCUT2D eigenvalue weighted by atomic mass is 19.4.